The molecule has 1 aliphatic heterocycles. The summed E-state index contributed by atoms with van der Waals surface area (Å²) in [5.74, 6) is 0.236. The molecule has 3 aromatic rings. The number of hydrogen-bond donors (Lipinski definition) is 1. The molecule has 2 heterocycles. The average Bonchev–Trinajstić information content (AvgIpc) is 2.89. The zero-order chi connectivity index (χ0) is 21.3. The fraction of sp³-hybridized carbons (Fsp3) is 0.304. The number of aryl methyl sites for hydroxylation is 1. The highest BCUT2D eigenvalue weighted by Crippen LogP contribution is 2.31. The Morgan fingerprint density at radius 1 is 1.07 bits per heavy atom. The summed E-state index contributed by atoms with van der Waals surface area (Å²) in [5, 5.41) is 2.60. The molecule has 4 rings (SSSR count). The number of alkyl halides is 3. The van der Waals surface area contributed by atoms with Gasteiger partial charge in [0.1, 0.15) is 11.5 Å². The lowest BCUT2D eigenvalue weighted by molar-refractivity contribution is -0.137. The predicted octanol–water partition coefficient (Wildman–Crippen LogP) is 5.86. The maximum absolute atomic E-state index is 13.0. The molecule has 4 nitrogen and oxygen atoms in total. The first-order chi connectivity index (χ1) is 14.3. The first-order valence-corrected chi connectivity index (χ1v) is 9.98. The number of nitrogens with one attached hydrogen (secondary N) is 1. The Hall–Kier alpha value is -3.09. The van der Waals surface area contributed by atoms with Crippen molar-refractivity contribution in [2.45, 2.75) is 45.3 Å². The van der Waals surface area contributed by atoms with Crippen molar-refractivity contribution in [3.63, 3.8) is 0 Å². The van der Waals surface area contributed by atoms with E-state index in [9.17, 15) is 18.0 Å². The van der Waals surface area contributed by atoms with Crippen molar-refractivity contribution in [1.29, 1.82) is 0 Å². The second-order valence-electron chi connectivity index (χ2n) is 7.59. The standard InChI is InChI=1S/C23H22F3N3O/c1-15-9-11-16(12-10-15)21-28-20(19-8-3-2-4-13-29(19)21)22(30)27-18-7-5-6-17(14-18)23(24,25)26/h5-7,9-12,14H,2-4,8,13H2,1H3,(H,27,30). The normalized spacial score (nSPS) is 14.1. The number of imidazole rings is 1. The Kier molecular flexibility index (Phi) is 5.37. The summed E-state index contributed by atoms with van der Waals surface area (Å²) >= 11 is 0. The lowest BCUT2D eigenvalue weighted by atomic mass is 10.1. The van der Waals surface area contributed by atoms with Gasteiger partial charge in [-0.1, -0.05) is 42.3 Å². The fourth-order valence-electron chi connectivity index (χ4n) is 3.79. The molecule has 0 unspecified atom stereocenters. The molecule has 0 radical (unpaired) electrons. The Morgan fingerprint density at radius 3 is 2.57 bits per heavy atom. The van der Waals surface area contributed by atoms with Gasteiger partial charge in [0.05, 0.1) is 11.3 Å². The van der Waals surface area contributed by atoms with E-state index in [4.69, 9.17) is 0 Å². The monoisotopic (exact) mass is 413 g/mol. The molecule has 7 heteroatoms. The summed E-state index contributed by atoms with van der Waals surface area (Å²) in [4.78, 5) is 17.6. The van der Waals surface area contributed by atoms with Gasteiger partial charge in [0.15, 0.2) is 0 Å². The second kappa shape index (κ2) is 7.97. The third-order valence-electron chi connectivity index (χ3n) is 5.34. The number of carbonyl (C=O) groups is 1. The van der Waals surface area contributed by atoms with Gasteiger partial charge in [-0.15, -0.1) is 0 Å². The van der Waals surface area contributed by atoms with Gasteiger partial charge >= 0.3 is 6.18 Å². The van der Waals surface area contributed by atoms with Crippen LogP contribution >= 0.6 is 0 Å². The van der Waals surface area contributed by atoms with E-state index in [0.29, 0.717) is 6.42 Å². The lowest BCUT2D eigenvalue weighted by Gasteiger charge is -2.10. The summed E-state index contributed by atoms with van der Waals surface area (Å²) in [6.07, 6.45) is -0.751. The third-order valence-corrected chi connectivity index (χ3v) is 5.34. The number of benzene rings is 2. The number of amides is 1. The van der Waals surface area contributed by atoms with Crippen LogP contribution in [0.4, 0.5) is 18.9 Å². The lowest BCUT2D eigenvalue weighted by Crippen LogP contribution is -2.16. The quantitative estimate of drug-likeness (QED) is 0.585. The average molecular weight is 413 g/mol. The fourth-order valence-corrected chi connectivity index (χ4v) is 3.79. The molecule has 0 atom stereocenters. The second-order valence-corrected chi connectivity index (χ2v) is 7.59. The first-order valence-electron chi connectivity index (χ1n) is 9.98. The van der Waals surface area contributed by atoms with Gasteiger partial charge in [-0.3, -0.25) is 4.79 Å². The molecule has 0 saturated heterocycles. The topological polar surface area (TPSA) is 46.9 Å². The minimum atomic E-state index is -4.47. The summed E-state index contributed by atoms with van der Waals surface area (Å²) in [6.45, 7) is 2.77. The minimum absolute atomic E-state index is 0.0992. The van der Waals surface area contributed by atoms with E-state index in [2.05, 4.69) is 14.9 Å². The maximum Gasteiger partial charge on any atom is 0.416 e. The first kappa shape index (κ1) is 20.2. The van der Waals surface area contributed by atoms with E-state index in [-0.39, 0.29) is 11.4 Å². The van der Waals surface area contributed by atoms with Gasteiger partial charge in [-0.2, -0.15) is 13.2 Å². The zero-order valence-corrected chi connectivity index (χ0v) is 16.6. The molecule has 0 saturated carbocycles. The third kappa shape index (κ3) is 4.10. The molecule has 30 heavy (non-hydrogen) atoms. The molecule has 1 aliphatic rings. The summed E-state index contributed by atoms with van der Waals surface area (Å²) in [7, 11) is 0. The van der Waals surface area contributed by atoms with Crippen LogP contribution in [0.2, 0.25) is 0 Å². The molecule has 0 spiro atoms. The van der Waals surface area contributed by atoms with Gasteiger partial charge < -0.3 is 9.88 Å². The Balaban J connectivity index is 1.70. The Labute approximate surface area is 172 Å². The highest BCUT2D eigenvalue weighted by Gasteiger charge is 2.31. The number of carbonyl (C=O) groups excluding carboxylic acids is 1. The number of fused-ring (bicyclic) bond motifs is 1. The van der Waals surface area contributed by atoms with E-state index in [0.717, 1.165) is 60.6 Å². The SMILES string of the molecule is Cc1ccc(-c2nc(C(=O)Nc3cccc(C(F)(F)F)c3)c3n2CCCCC3)cc1. The molecule has 2 aromatic carbocycles. The number of rotatable bonds is 3. The van der Waals surface area contributed by atoms with Crippen molar-refractivity contribution in [3.8, 4) is 11.4 Å². The summed E-state index contributed by atoms with van der Waals surface area (Å²) in [5.41, 5.74) is 2.47. The maximum atomic E-state index is 13.0. The van der Waals surface area contributed by atoms with Crippen molar-refractivity contribution in [2.75, 3.05) is 5.32 Å². The zero-order valence-electron chi connectivity index (χ0n) is 16.6. The smallest absolute Gasteiger partial charge is 0.327 e. The molecular weight excluding hydrogens is 391 g/mol. The molecule has 0 aliphatic carbocycles. The summed E-state index contributed by atoms with van der Waals surface area (Å²) < 4.78 is 41.1. The highest BCUT2D eigenvalue weighted by atomic mass is 19.4. The van der Waals surface area contributed by atoms with Gasteiger partial charge in [0, 0.05) is 17.8 Å². The molecule has 1 aromatic heterocycles. The molecule has 1 N–H and O–H groups in total. The van der Waals surface area contributed by atoms with E-state index in [1.165, 1.54) is 12.1 Å². The number of hydrogen-bond acceptors (Lipinski definition) is 2. The number of anilines is 1. The van der Waals surface area contributed by atoms with Gasteiger partial charge in [-0.25, -0.2) is 4.98 Å². The van der Waals surface area contributed by atoms with Crippen molar-refractivity contribution < 1.29 is 18.0 Å². The Morgan fingerprint density at radius 2 is 1.83 bits per heavy atom. The largest absolute Gasteiger partial charge is 0.416 e. The molecule has 0 bridgehead atoms. The van der Waals surface area contributed by atoms with E-state index < -0.39 is 17.6 Å². The predicted molar refractivity (Wildman–Crippen MR) is 109 cm³/mol. The van der Waals surface area contributed by atoms with Crippen LogP contribution in [0.5, 0.6) is 0 Å². The van der Waals surface area contributed by atoms with Gasteiger partial charge in [0.2, 0.25) is 0 Å². The van der Waals surface area contributed by atoms with Crippen LogP contribution in [-0.4, -0.2) is 15.5 Å². The van der Waals surface area contributed by atoms with Crippen molar-refractivity contribution in [1.82, 2.24) is 9.55 Å². The van der Waals surface area contributed by atoms with Crippen LogP contribution in [0.15, 0.2) is 48.5 Å². The van der Waals surface area contributed by atoms with Crippen molar-refractivity contribution >= 4 is 11.6 Å². The number of aromatic nitrogens is 2. The molecule has 0 fully saturated rings. The van der Waals surface area contributed by atoms with Crippen molar-refractivity contribution in [2.24, 2.45) is 0 Å². The Bertz CT molecular complexity index is 1070. The van der Waals surface area contributed by atoms with Crippen molar-refractivity contribution in [3.05, 3.63) is 71.0 Å². The molecule has 156 valence electrons. The number of halogens is 3. The summed E-state index contributed by atoms with van der Waals surface area (Å²) in [6, 6.07) is 12.6. The van der Waals surface area contributed by atoms with Crippen LogP contribution in [0.3, 0.4) is 0 Å². The molecule has 1 amide bonds. The number of nitrogens with zero attached hydrogens (tertiary/aromatic N) is 2. The van der Waals surface area contributed by atoms with E-state index in [1.807, 2.05) is 31.2 Å². The van der Waals surface area contributed by atoms with Crippen LogP contribution < -0.4 is 5.32 Å². The van der Waals surface area contributed by atoms with E-state index >= 15 is 0 Å². The minimum Gasteiger partial charge on any atom is -0.327 e. The van der Waals surface area contributed by atoms with Crippen LogP contribution in [0, 0.1) is 6.92 Å². The van der Waals surface area contributed by atoms with Crippen LogP contribution in [-0.2, 0) is 19.1 Å². The van der Waals surface area contributed by atoms with Gasteiger partial charge in [-0.05, 0) is 44.4 Å². The van der Waals surface area contributed by atoms with Gasteiger partial charge in [0.25, 0.3) is 5.91 Å². The van der Waals surface area contributed by atoms with Crippen LogP contribution in [0.1, 0.15) is 46.6 Å². The highest BCUT2D eigenvalue weighted by molar-refractivity contribution is 6.04. The van der Waals surface area contributed by atoms with E-state index in [1.54, 1.807) is 0 Å². The van der Waals surface area contributed by atoms with Crippen LogP contribution in [0.25, 0.3) is 11.4 Å². The molecular formula is C23H22F3N3O.